The number of likely N-dealkylation sites (N-methyl/N-ethyl adjacent to an activating group) is 1. The molecular formula is C28H28N4O3. The van der Waals surface area contributed by atoms with E-state index in [-0.39, 0.29) is 30.6 Å². The van der Waals surface area contributed by atoms with Gasteiger partial charge in [-0.3, -0.25) is 0 Å². The molecule has 1 fully saturated rings. The van der Waals surface area contributed by atoms with Gasteiger partial charge in [-0.25, -0.2) is 4.79 Å². The highest BCUT2D eigenvalue weighted by Gasteiger charge is 2.47. The number of fused-ring (bicyclic) bond motifs is 3. The molecule has 7 nitrogen and oxygen atoms in total. The third-order valence-corrected chi connectivity index (χ3v) is 7.28. The number of anilines is 2. The van der Waals surface area contributed by atoms with Crippen molar-refractivity contribution in [2.45, 2.75) is 18.5 Å². The van der Waals surface area contributed by atoms with E-state index in [0.29, 0.717) is 17.8 Å². The average Bonchev–Trinajstić information content (AvgIpc) is 3.34. The van der Waals surface area contributed by atoms with Crippen LogP contribution in [-0.4, -0.2) is 49.4 Å². The third kappa shape index (κ3) is 4.07. The van der Waals surface area contributed by atoms with E-state index in [4.69, 9.17) is 4.74 Å². The Bertz CT molecular complexity index is 1280. The lowest BCUT2D eigenvalue weighted by atomic mass is 9.81. The van der Waals surface area contributed by atoms with Crippen molar-refractivity contribution in [3.05, 3.63) is 77.9 Å². The molecule has 2 amide bonds. The first-order chi connectivity index (χ1) is 17.0. The van der Waals surface area contributed by atoms with Crippen molar-refractivity contribution in [2.75, 3.05) is 37.5 Å². The Balaban J connectivity index is 1.51. The van der Waals surface area contributed by atoms with Crippen LogP contribution in [0.5, 0.6) is 5.75 Å². The van der Waals surface area contributed by atoms with Gasteiger partial charge in [0.25, 0.3) is 0 Å². The number of hydrogen-bond acceptors (Lipinski definition) is 5. The number of carbonyl (C=O) groups is 1. The summed E-state index contributed by atoms with van der Waals surface area (Å²) in [6.45, 7) is 0.631. The molecule has 5 rings (SSSR count). The number of nitrogens with one attached hydrogen (secondary N) is 1. The maximum Gasteiger partial charge on any atom is 0.322 e. The fraction of sp³-hybridized carbons (Fsp3) is 0.286. The van der Waals surface area contributed by atoms with Gasteiger partial charge in [0.2, 0.25) is 0 Å². The summed E-state index contributed by atoms with van der Waals surface area (Å²) in [4.78, 5) is 17.4. The number of benzene rings is 3. The number of nitrogens with zero attached hydrogens (tertiary/aromatic N) is 3. The zero-order valence-electron chi connectivity index (χ0n) is 19.8. The number of aliphatic hydroxyl groups excluding tert-OH is 1. The Kier molecular flexibility index (Phi) is 6.06. The highest BCUT2D eigenvalue weighted by Crippen LogP contribution is 2.49. The van der Waals surface area contributed by atoms with Crippen molar-refractivity contribution in [3.8, 4) is 22.9 Å². The highest BCUT2D eigenvalue weighted by molar-refractivity contribution is 5.90. The lowest BCUT2D eigenvalue weighted by molar-refractivity contribution is 0.168. The molecule has 2 aliphatic rings. The summed E-state index contributed by atoms with van der Waals surface area (Å²) in [5.41, 5.74) is 5.34. The number of rotatable bonds is 4. The molecule has 2 heterocycles. The Morgan fingerprint density at radius 1 is 1.14 bits per heavy atom. The fourth-order valence-corrected chi connectivity index (χ4v) is 5.50. The van der Waals surface area contributed by atoms with E-state index < -0.39 is 0 Å². The molecule has 0 saturated carbocycles. The SMILES string of the molecule is COc1ccc(NC(=O)N2CC[C@@H]3[C@H]2c2cc(-c4cccc(C#N)c4)ccc2N(C)[C@@H]3CO)cc1. The number of ether oxygens (including phenoxy) is 1. The minimum atomic E-state index is -0.160. The molecule has 0 radical (unpaired) electrons. The van der Waals surface area contributed by atoms with Gasteiger partial charge in [-0.1, -0.05) is 18.2 Å². The third-order valence-electron chi connectivity index (χ3n) is 7.28. The van der Waals surface area contributed by atoms with Crippen LogP contribution < -0.4 is 15.0 Å². The van der Waals surface area contributed by atoms with E-state index in [1.807, 2.05) is 60.5 Å². The first kappa shape index (κ1) is 22.8. The van der Waals surface area contributed by atoms with Crippen molar-refractivity contribution in [2.24, 2.45) is 5.92 Å². The van der Waals surface area contributed by atoms with Crippen molar-refractivity contribution in [1.82, 2.24) is 4.90 Å². The van der Waals surface area contributed by atoms with Gasteiger partial charge in [-0.2, -0.15) is 5.26 Å². The summed E-state index contributed by atoms with van der Waals surface area (Å²) in [5, 5.41) is 22.6. The average molecular weight is 469 g/mol. The molecule has 0 aromatic heterocycles. The van der Waals surface area contributed by atoms with Gasteiger partial charge in [0, 0.05) is 30.9 Å². The summed E-state index contributed by atoms with van der Waals surface area (Å²) in [6.07, 6.45) is 0.809. The molecule has 3 atom stereocenters. The number of urea groups is 1. The lowest BCUT2D eigenvalue weighted by Gasteiger charge is -2.44. The van der Waals surface area contributed by atoms with Crippen LogP contribution in [0.3, 0.4) is 0 Å². The monoisotopic (exact) mass is 468 g/mol. The van der Waals surface area contributed by atoms with Gasteiger partial charge < -0.3 is 25.0 Å². The van der Waals surface area contributed by atoms with Crippen LogP contribution in [0.25, 0.3) is 11.1 Å². The molecule has 178 valence electrons. The van der Waals surface area contributed by atoms with Crippen LogP contribution in [0.4, 0.5) is 16.2 Å². The molecule has 3 aromatic carbocycles. The minimum Gasteiger partial charge on any atom is -0.497 e. The minimum absolute atomic E-state index is 0.0248. The molecule has 0 spiro atoms. The second-order valence-corrected chi connectivity index (χ2v) is 9.08. The summed E-state index contributed by atoms with van der Waals surface area (Å²) in [6, 6.07) is 22.9. The van der Waals surface area contributed by atoms with Crippen molar-refractivity contribution >= 4 is 17.4 Å². The van der Waals surface area contributed by atoms with Crippen LogP contribution in [-0.2, 0) is 0 Å². The quantitative estimate of drug-likeness (QED) is 0.582. The predicted octanol–water partition coefficient (Wildman–Crippen LogP) is 4.64. The molecule has 35 heavy (non-hydrogen) atoms. The fourth-order valence-electron chi connectivity index (χ4n) is 5.50. The molecule has 7 heteroatoms. The van der Waals surface area contributed by atoms with E-state index in [1.165, 1.54) is 0 Å². The zero-order valence-corrected chi connectivity index (χ0v) is 19.8. The number of likely N-dealkylation sites (tertiary alicyclic amines) is 1. The van der Waals surface area contributed by atoms with Gasteiger partial charge >= 0.3 is 6.03 Å². The summed E-state index contributed by atoms with van der Waals surface area (Å²) < 4.78 is 5.21. The van der Waals surface area contributed by atoms with E-state index in [0.717, 1.165) is 34.5 Å². The maximum absolute atomic E-state index is 13.4. The number of methoxy groups -OCH3 is 1. The summed E-state index contributed by atoms with van der Waals surface area (Å²) >= 11 is 0. The zero-order chi connectivity index (χ0) is 24.5. The lowest BCUT2D eigenvalue weighted by Crippen LogP contribution is -2.48. The van der Waals surface area contributed by atoms with Crippen molar-refractivity contribution in [1.29, 1.82) is 5.26 Å². The number of amides is 2. The molecule has 0 unspecified atom stereocenters. The molecule has 1 saturated heterocycles. The standard InChI is InChI=1S/C28H28N4O3/c1-31-25-11-6-20(19-5-3-4-18(14-19)16-29)15-24(25)27-23(26(31)17-33)12-13-32(27)28(34)30-21-7-9-22(35-2)10-8-21/h3-11,14-15,23,26-27,33H,12-13,17H2,1-2H3,(H,30,34)/t23-,26+,27-/m0/s1. The molecule has 0 bridgehead atoms. The summed E-state index contributed by atoms with van der Waals surface area (Å²) in [5.74, 6) is 0.840. The Morgan fingerprint density at radius 3 is 2.63 bits per heavy atom. The van der Waals surface area contributed by atoms with Gasteiger partial charge in [-0.05, 0) is 71.6 Å². The molecule has 3 aromatic rings. The maximum atomic E-state index is 13.4. The van der Waals surface area contributed by atoms with E-state index in [9.17, 15) is 15.2 Å². The van der Waals surface area contributed by atoms with Gasteiger partial charge in [-0.15, -0.1) is 0 Å². The van der Waals surface area contributed by atoms with E-state index in [1.54, 1.807) is 13.2 Å². The van der Waals surface area contributed by atoms with Crippen molar-refractivity contribution < 1.29 is 14.6 Å². The Hall–Kier alpha value is -4.02. The smallest absolute Gasteiger partial charge is 0.322 e. The normalized spacial score (nSPS) is 20.6. The first-order valence-corrected chi connectivity index (χ1v) is 11.7. The number of aliphatic hydroxyl groups is 1. The second kappa shape index (κ2) is 9.32. The van der Waals surface area contributed by atoms with Crippen LogP contribution in [0.2, 0.25) is 0 Å². The molecular weight excluding hydrogens is 440 g/mol. The van der Waals surface area contributed by atoms with E-state index in [2.05, 4.69) is 28.4 Å². The number of carbonyl (C=O) groups excluding carboxylic acids is 1. The van der Waals surface area contributed by atoms with Crippen molar-refractivity contribution in [3.63, 3.8) is 0 Å². The van der Waals surface area contributed by atoms with Crippen LogP contribution >= 0.6 is 0 Å². The second-order valence-electron chi connectivity index (χ2n) is 9.08. The Morgan fingerprint density at radius 2 is 1.91 bits per heavy atom. The van der Waals surface area contributed by atoms with Gasteiger partial charge in [0.15, 0.2) is 0 Å². The van der Waals surface area contributed by atoms with E-state index >= 15 is 0 Å². The molecule has 2 N–H and O–H groups in total. The molecule has 0 aliphatic carbocycles. The van der Waals surface area contributed by atoms with Crippen LogP contribution in [0.1, 0.15) is 23.6 Å². The highest BCUT2D eigenvalue weighted by atomic mass is 16.5. The molecule has 2 aliphatic heterocycles. The van der Waals surface area contributed by atoms with Crippen LogP contribution in [0, 0.1) is 17.2 Å². The van der Waals surface area contributed by atoms with Gasteiger partial charge in [0.05, 0.1) is 37.4 Å². The number of hydrogen-bond donors (Lipinski definition) is 2. The predicted molar refractivity (Wildman–Crippen MR) is 135 cm³/mol. The number of nitriles is 1. The largest absolute Gasteiger partial charge is 0.497 e. The first-order valence-electron chi connectivity index (χ1n) is 11.7. The summed E-state index contributed by atoms with van der Waals surface area (Å²) in [7, 11) is 3.61. The topological polar surface area (TPSA) is 88.8 Å². The van der Waals surface area contributed by atoms with Gasteiger partial charge in [0.1, 0.15) is 5.75 Å². The van der Waals surface area contributed by atoms with Crippen LogP contribution in [0.15, 0.2) is 66.7 Å². The Labute approximate surface area is 205 Å².